The van der Waals surface area contributed by atoms with Crippen molar-refractivity contribution in [1.29, 1.82) is 0 Å². The molecule has 7 heteroatoms. The second-order valence-corrected chi connectivity index (χ2v) is 8.36. The number of fused-ring (bicyclic) bond motifs is 1. The largest absolute Gasteiger partial charge is 0.369 e. The van der Waals surface area contributed by atoms with Gasteiger partial charge in [0.05, 0.1) is 4.90 Å². The van der Waals surface area contributed by atoms with E-state index in [0.717, 1.165) is 44.2 Å². The van der Waals surface area contributed by atoms with Crippen LogP contribution in [-0.2, 0) is 22.9 Å². The molecule has 0 aliphatic heterocycles. The number of sulfonamides is 1. The molecule has 2 N–H and O–H groups in total. The van der Waals surface area contributed by atoms with Gasteiger partial charge >= 0.3 is 0 Å². The Hall–Kier alpha value is -2.15. The first-order valence-corrected chi connectivity index (χ1v) is 10.8. The van der Waals surface area contributed by atoms with Crippen LogP contribution in [0.15, 0.2) is 35.2 Å². The van der Waals surface area contributed by atoms with E-state index in [2.05, 4.69) is 27.2 Å². The Kier molecular flexibility index (Phi) is 6.08. The Morgan fingerprint density at radius 1 is 0.962 bits per heavy atom. The first-order chi connectivity index (χ1) is 12.6. The monoisotopic (exact) mass is 374 g/mol. The summed E-state index contributed by atoms with van der Waals surface area (Å²) in [7, 11) is -3.66. The van der Waals surface area contributed by atoms with Crippen molar-refractivity contribution >= 4 is 21.7 Å². The predicted octanol–water partition coefficient (Wildman–Crippen LogP) is 3.76. The van der Waals surface area contributed by atoms with Crippen LogP contribution in [0.5, 0.6) is 0 Å². The summed E-state index contributed by atoms with van der Waals surface area (Å²) in [5, 5.41) is 11.2. The smallest absolute Gasteiger partial charge is 0.263 e. The zero-order chi connectivity index (χ0) is 18.4. The summed E-state index contributed by atoms with van der Waals surface area (Å²) in [4.78, 5) is 0.279. The van der Waals surface area contributed by atoms with Gasteiger partial charge in [0.2, 0.25) is 0 Å². The number of aromatic nitrogens is 2. The van der Waals surface area contributed by atoms with Crippen LogP contribution in [0.25, 0.3) is 0 Å². The van der Waals surface area contributed by atoms with Gasteiger partial charge in [-0.25, -0.2) is 8.42 Å². The fourth-order valence-corrected chi connectivity index (χ4v) is 4.19. The topological polar surface area (TPSA) is 84.0 Å². The number of hydrogen-bond acceptors (Lipinski definition) is 5. The van der Waals surface area contributed by atoms with Crippen LogP contribution in [0.4, 0.5) is 11.6 Å². The van der Waals surface area contributed by atoms with Gasteiger partial charge in [-0.2, -0.15) is 0 Å². The van der Waals surface area contributed by atoms with Gasteiger partial charge in [-0.3, -0.25) is 4.72 Å². The van der Waals surface area contributed by atoms with Gasteiger partial charge in [0.25, 0.3) is 10.0 Å². The SMILES string of the molecule is CCCCCNc1ccc(NS(=O)(=O)c2ccc3c(c2)CCCC3)nn1. The Labute approximate surface area is 155 Å². The Bertz CT molecular complexity index is 835. The molecule has 1 heterocycles. The molecule has 3 rings (SSSR count). The molecule has 0 spiro atoms. The Morgan fingerprint density at radius 2 is 1.69 bits per heavy atom. The number of hydrogen-bond donors (Lipinski definition) is 2. The molecule has 6 nitrogen and oxygen atoms in total. The van der Waals surface area contributed by atoms with Gasteiger partial charge in [0.1, 0.15) is 5.82 Å². The van der Waals surface area contributed by atoms with Gasteiger partial charge in [-0.05, 0) is 67.5 Å². The molecule has 26 heavy (non-hydrogen) atoms. The van der Waals surface area contributed by atoms with Crippen LogP contribution in [0, 0.1) is 0 Å². The number of benzene rings is 1. The van der Waals surface area contributed by atoms with Crippen molar-refractivity contribution in [3.8, 4) is 0 Å². The minimum absolute atomic E-state index is 0.224. The molecule has 1 aliphatic carbocycles. The number of rotatable bonds is 8. The van der Waals surface area contributed by atoms with Gasteiger partial charge < -0.3 is 5.32 Å². The molecule has 0 unspecified atom stereocenters. The Morgan fingerprint density at radius 3 is 2.42 bits per heavy atom. The number of nitrogens with one attached hydrogen (secondary N) is 2. The highest BCUT2D eigenvalue weighted by Gasteiger charge is 2.18. The maximum atomic E-state index is 12.6. The minimum atomic E-state index is -3.66. The lowest BCUT2D eigenvalue weighted by molar-refractivity contribution is 0.600. The summed E-state index contributed by atoms with van der Waals surface area (Å²) in [6.45, 7) is 2.99. The van der Waals surface area contributed by atoms with Gasteiger partial charge in [0.15, 0.2) is 5.82 Å². The summed E-state index contributed by atoms with van der Waals surface area (Å²) in [6, 6.07) is 8.75. The van der Waals surface area contributed by atoms with Crippen LogP contribution in [0.2, 0.25) is 0 Å². The first kappa shape index (κ1) is 18.6. The van der Waals surface area contributed by atoms with Crippen LogP contribution in [-0.4, -0.2) is 25.2 Å². The molecule has 1 aliphatic rings. The molecule has 0 fully saturated rings. The standard InChI is InChI=1S/C19H26N4O2S/c1-2-3-6-13-20-18-11-12-19(22-21-18)23-26(24,25)17-10-9-15-7-4-5-8-16(15)14-17/h9-12,14H,2-8,13H2,1H3,(H,20,21)(H,22,23). The predicted molar refractivity (Wildman–Crippen MR) is 104 cm³/mol. The summed E-state index contributed by atoms with van der Waals surface area (Å²) < 4.78 is 27.8. The lowest BCUT2D eigenvalue weighted by atomic mass is 9.92. The highest BCUT2D eigenvalue weighted by Crippen LogP contribution is 2.25. The quantitative estimate of drug-likeness (QED) is 0.687. The highest BCUT2D eigenvalue weighted by atomic mass is 32.2. The second kappa shape index (κ2) is 8.49. The normalized spacial score (nSPS) is 13.9. The van der Waals surface area contributed by atoms with E-state index >= 15 is 0 Å². The van der Waals surface area contributed by atoms with E-state index in [1.54, 1.807) is 24.3 Å². The molecule has 1 aromatic carbocycles. The van der Waals surface area contributed by atoms with Crippen molar-refractivity contribution in [3.63, 3.8) is 0 Å². The number of unbranched alkanes of at least 4 members (excludes halogenated alkanes) is 2. The van der Waals surface area contributed by atoms with E-state index in [1.807, 2.05) is 6.07 Å². The van der Waals surface area contributed by atoms with Crippen molar-refractivity contribution in [2.24, 2.45) is 0 Å². The molecule has 2 aromatic rings. The first-order valence-electron chi connectivity index (χ1n) is 9.31. The average molecular weight is 375 g/mol. The van der Waals surface area contributed by atoms with Gasteiger partial charge in [0, 0.05) is 6.54 Å². The molecule has 1 aromatic heterocycles. The van der Waals surface area contributed by atoms with E-state index < -0.39 is 10.0 Å². The fourth-order valence-electron chi connectivity index (χ4n) is 3.15. The zero-order valence-corrected chi connectivity index (χ0v) is 16.0. The lowest BCUT2D eigenvalue weighted by Crippen LogP contribution is -2.16. The Balaban J connectivity index is 1.65. The molecule has 0 amide bonds. The maximum Gasteiger partial charge on any atom is 0.263 e. The van der Waals surface area contributed by atoms with Crippen molar-refractivity contribution in [3.05, 3.63) is 41.5 Å². The molecule has 140 valence electrons. The van der Waals surface area contributed by atoms with Gasteiger partial charge in [-0.1, -0.05) is 25.8 Å². The lowest BCUT2D eigenvalue weighted by Gasteiger charge is -2.16. The average Bonchev–Trinajstić information content (AvgIpc) is 2.66. The van der Waals surface area contributed by atoms with Crippen LogP contribution < -0.4 is 10.0 Å². The minimum Gasteiger partial charge on any atom is -0.369 e. The third-order valence-corrected chi connectivity index (χ3v) is 5.97. The highest BCUT2D eigenvalue weighted by molar-refractivity contribution is 7.92. The molecule has 0 atom stereocenters. The zero-order valence-electron chi connectivity index (χ0n) is 15.2. The maximum absolute atomic E-state index is 12.6. The van der Waals surface area contributed by atoms with E-state index in [0.29, 0.717) is 5.82 Å². The molecular formula is C19H26N4O2S. The summed E-state index contributed by atoms with van der Waals surface area (Å²) in [5.74, 6) is 0.875. The van der Waals surface area contributed by atoms with Gasteiger partial charge in [-0.15, -0.1) is 10.2 Å². The summed E-state index contributed by atoms with van der Waals surface area (Å²) >= 11 is 0. The van der Waals surface area contributed by atoms with Crippen LogP contribution in [0.1, 0.15) is 50.2 Å². The third-order valence-electron chi connectivity index (χ3n) is 4.62. The van der Waals surface area contributed by atoms with Crippen molar-refractivity contribution in [2.45, 2.75) is 56.8 Å². The molecule has 0 saturated heterocycles. The third kappa shape index (κ3) is 4.72. The molecule has 0 saturated carbocycles. The molecular weight excluding hydrogens is 348 g/mol. The summed E-state index contributed by atoms with van der Waals surface area (Å²) in [5.41, 5.74) is 2.39. The molecule has 0 radical (unpaired) electrons. The summed E-state index contributed by atoms with van der Waals surface area (Å²) in [6.07, 6.45) is 7.66. The van der Waals surface area contributed by atoms with Crippen LogP contribution in [0.3, 0.4) is 0 Å². The number of anilines is 2. The van der Waals surface area contributed by atoms with E-state index in [4.69, 9.17) is 0 Å². The van der Waals surface area contributed by atoms with Crippen molar-refractivity contribution < 1.29 is 8.42 Å². The van der Waals surface area contributed by atoms with Crippen molar-refractivity contribution in [2.75, 3.05) is 16.6 Å². The van der Waals surface area contributed by atoms with Crippen LogP contribution >= 0.6 is 0 Å². The van der Waals surface area contributed by atoms with E-state index in [-0.39, 0.29) is 10.7 Å². The second-order valence-electron chi connectivity index (χ2n) is 6.68. The molecule has 0 bridgehead atoms. The number of nitrogens with zero attached hydrogens (tertiary/aromatic N) is 2. The van der Waals surface area contributed by atoms with Crippen molar-refractivity contribution in [1.82, 2.24) is 10.2 Å². The van der Waals surface area contributed by atoms with E-state index in [9.17, 15) is 8.42 Å². The number of aryl methyl sites for hydroxylation is 2. The van der Waals surface area contributed by atoms with E-state index in [1.165, 1.54) is 18.4 Å². The fraction of sp³-hybridized carbons (Fsp3) is 0.474.